The maximum absolute atomic E-state index is 14.6. The standard InChI is InChI=1S/C31H29F2N3O5S2/c1-3-42(37,38)35-22-10-12-28(41-29-11-9-21(32)18-27(29)33)25(19-22)23-13-16-34-30-24(23)14-17-36(30)43(39,40)31(2)15-5-4-6-26(31)20-7-8-20/h4-6,9-14,16-20,35H,3,7-8,15H2,1-2H3. The van der Waals surface area contributed by atoms with Gasteiger partial charge >= 0.3 is 0 Å². The Bertz CT molecular complexity index is 2030. The number of nitrogens with one attached hydrogen (secondary N) is 1. The van der Waals surface area contributed by atoms with Crippen molar-refractivity contribution >= 4 is 36.8 Å². The molecule has 0 saturated heterocycles. The zero-order valence-electron chi connectivity index (χ0n) is 23.4. The number of sulfonamides is 1. The number of nitrogens with zero attached hydrogens (tertiary/aromatic N) is 2. The van der Waals surface area contributed by atoms with Gasteiger partial charge in [-0.15, -0.1) is 0 Å². The minimum atomic E-state index is -3.98. The molecule has 43 heavy (non-hydrogen) atoms. The summed E-state index contributed by atoms with van der Waals surface area (Å²) in [6, 6.07) is 10.6. The van der Waals surface area contributed by atoms with E-state index in [1.807, 2.05) is 18.2 Å². The van der Waals surface area contributed by atoms with Gasteiger partial charge in [0.2, 0.25) is 20.0 Å². The molecule has 0 bridgehead atoms. The lowest BCUT2D eigenvalue weighted by Gasteiger charge is -2.33. The van der Waals surface area contributed by atoms with Crippen molar-refractivity contribution in [1.82, 2.24) is 8.96 Å². The van der Waals surface area contributed by atoms with Crippen LogP contribution in [0.25, 0.3) is 22.2 Å². The van der Waals surface area contributed by atoms with Gasteiger partial charge < -0.3 is 4.74 Å². The highest BCUT2D eigenvalue weighted by Crippen LogP contribution is 2.48. The molecule has 2 heterocycles. The van der Waals surface area contributed by atoms with Crippen molar-refractivity contribution in [2.24, 2.45) is 5.92 Å². The number of benzene rings is 2. The Kier molecular flexibility index (Phi) is 7.16. The van der Waals surface area contributed by atoms with E-state index in [1.54, 1.807) is 19.1 Å². The van der Waals surface area contributed by atoms with Gasteiger partial charge in [-0.2, -0.15) is 0 Å². The molecule has 4 aromatic rings. The second-order valence-corrected chi connectivity index (χ2v) is 15.1. The van der Waals surface area contributed by atoms with Crippen LogP contribution in [-0.4, -0.2) is 36.3 Å². The van der Waals surface area contributed by atoms with Crippen LogP contribution in [0.4, 0.5) is 14.5 Å². The zero-order valence-corrected chi connectivity index (χ0v) is 25.1. The summed E-state index contributed by atoms with van der Waals surface area (Å²) in [6.07, 6.45) is 10.8. The topological polar surface area (TPSA) is 107 Å². The summed E-state index contributed by atoms with van der Waals surface area (Å²) < 4.78 is 89.7. The molecule has 12 heteroatoms. The van der Waals surface area contributed by atoms with Crippen LogP contribution in [0, 0.1) is 17.6 Å². The van der Waals surface area contributed by atoms with Crippen LogP contribution in [-0.2, 0) is 20.0 Å². The van der Waals surface area contributed by atoms with Gasteiger partial charge in [0.05, 0.1) is 5.75 Å². The number of anilines is 1. The molecule has 2 aromatic carbocycles. The molecule has 1 unspecified atom stereocenters. The molecule has 0 radical (unpaired) electrons. The number of halogens is 2. The van der Waals surface area contributed by atoms with Crippen LogP contribution in [0.1, 0.15) is 33.1 Å². The largest absolute Gasteiger partial charge is 0.454 e. The average molecular weight is 626 g/mol. The first-order valence-corrected chi connectivity index (χ1v) is 16.9. The van der Waals surface area contributed by atoms with E-state index in [0.29, 0.717) is 29.0 Å². The van der Waals surface area contributed by atoms with Gasteiger partial charge in [-0.25, -0.2) is 34.6 Å². The quantitative estimate of drug-likeness (QED) is 0.220. The highest BCUT2D eigenvalue weighted by molar-refractivity contribution is 7.92. The number of ether oxygens (including phenoxy) is 1. The molecule has 1 fully saturated rings. The third-order valence-corrected chi connectivity index (χ3v) is 11.6. The van der Waals surface area contributed by atoms with Crippen LogP contribution >= 0.6 is 0 Å². The molecule has 1 N–H and O–H groups in total. The van der Waals surface area contributed by atoms with E-state index in [4.69, 9.17) is 4.74 Å². The van der Waals surface area contributed by atoms with E-state index in [9.17, 15) is 25.6 Å². The third-order valence-electron chi connectivity index (χ3n) is 7.97. The molecule has 8 nitrogen and oxygen atoms in total. The van der Waals surface area contributed by atoms with Gasteiger partial charge in [0, 0.05) is 35.1 Å². The van der Waals surface area contributed by atoms with Crippen molar-refractivity contribution < 1.29 is 30.4 Å². The molecule has 6 rings (SSSR count). The number of hydrogen-bond donors (Lipinski definition) is 1. The van der Waals surface area contributed by atoms with Crippen molar-refractivity contribution in [3.8, 4) is 22.6 Å². The maximum atomic E-state index is 14.6. The monoisotopic (exact) mass is 625 g/mol. The number of pyridine rings is 1. The van der Waals surface area contributed by atoms with Gasteiger partial charge in [-0.1, -0.05) is 18.2 Å². The second-order valence-electron chi connectivity index (χ2n) is 10.9. The lowest BCUT2D eigenvalue weighted by Crippen LogP contribution is -2.42. The van der Waals surface area contributed by atoms with Crippen LogP contribution in [0.3, 0.4) is 0 Å². The third kappa shape index (κ3) is 5.22. The highest BCUT2D eigenvalue weighted by atomic mass is 32.2. The lowest BCUT2D eigenvalue weighted by molar-refractivity contribution is 0.439. The lowest BCUT2D eigenvalue weighted by atomic mass is 9.89. The normalized spacial score (nSPS) is 18.9. The molecule has 1 saturated carbocycles. The Hall–Kier alpha value is -4.03. The van der Waals surface area contributed by atoms with Crippen LogP contribution in [0.5, 0.6) is 11.5 Å². The molecule has 0 aliphatic heterocycles. The number of allylic oxidation sites excluding steroid dienone is 3. The fourth-order valence-electron chi connectivity index (χ4n) is 5.46. The van der Waals surface area contributed by atoms with Crippen molar-refractivity contribution in [2.75, 3.05) is 10.5 Å². The molecule has 0 spiro atoms. The first kappa shape index (κ1) is 29.1. The Balaban J connectivity index is 1.49. The van der Waals surface area contributed by atoms with E-state index in [1.165, 1.54) is 41.5 Å². The maximum Gasteiger partial charge on any atom is 0.249 e. The summed E-state index contributed by atoms with van der Waals surface area (Å²) >= 11 is 0. The van der Waals surface area contributed by atoms with Gasteiger partial charge in [-0.3, -0.25) is 4.72 Å². The summed E-state index contributed by atoms with van der Waals surface area (Å²) in [6.45, 7) is 3.25. The van der Waals surface area contributed by atoms with E-state index in [0.717, 1.165) is 30.5 Å². The number of rotatable bonds is 9. The minimum Gasteiger partial charge on any atom is -0.454 e. The van der Waals surface area contributed by atoms with Crippen LogP contribution in [0.15, 0.2) is 84.7 Å². The average Bonchev–Trinajstić information content (AvgIpc) is 3.71. The summed E-state index contributed by atoms with van der Waals surface area (Å²) in [4.78, 5) is 4.43. The molecular formula is C31H29F2N3O5S2. The van der Waals surface area contributed by atoms with Crippen molar-refractivity contribution in [2.45, 2.75) is 37.9 Å². The molecule has 224 valence electrons. The Morgan fingerprint density at radius 2 is 1.79 bits per heavy atom. The molecule has 2 aliphatic carbocycles. The molecule has 0 amide bonds. The molecular weight excluding hydrogens is 596 g/mol. The summed E-state index contributed by atoms with van der Waals surface area (Å²) in [5.41, 5.74) is 2.11. The number of aromatic nitrogens is 2. The van der Waals surface area contributed by atoms with Crippen molar-refractivity contribution in [3.05, 3.63) is 96.4 Å². The fourth-order valence-corrected chi connectivity index (χ4v) is 7.96. The first-order chi connectivity index (χ1) is 20.4. The van der Waals surface area contributed by atoms with E-state index < -0.39 is 36.4 Å². The molecule has 2 aliphatic rings. The summed E-state index contributed by atoms with van der Waals surface area (Å²) in [7, 11) is -7.61. The van der Waals surface area contributed by atoms with Crippen molar-refractivity contribution in [1.29, 1.82) is 0 Å². The summed E-state index contributed by atoms with van der Waals surface area (Å²) in [5, 5.41) is 0.456. The number of fused-ring (bicyclic) bond motifs is 1. The van der Waals surface area contributed by atoms with E-state index in [2.05, 4.69) is 9.71 Å². The van der Waals surface area contributed by atoms with E-state index >= 15 is 0 Å². The van der Waals surface area contributed by atoms with Gasteiger partial charge in [0.25, 0.3) is 0 Å². The minimum absolute atomic E-state index is 0.136. The van der Waals surface area contributed by atoms with Gasteiger partial charge in [0.1, 0.15) is 16.3 Å². The van der Waals surface area contributed by atoms with Gasteiger partial charge in [-0.05, 0) is 92.6 Å². The Labute approximate surface area is 248 Å². The van der Waals surface area contributed by atoms with Crippen LogP contribution in [0.2, 0.25) is 0 Å². The predicted molar refractivity (Wildman–Crippen MR) is 162 cm³/mol. The predicted octanol–water partition coefficient (Wildman–Crippen LogP) is 6.77. The SMILES string of the molecule is CCS(=O)(=O)Nc1ccc(Oc2ccc(F)cc2F)c(-c2ccnc3c2ccn3S(=O)(=O)C2(C)CC=CC=C2C2CC2)c1. The first-order valence-electron chi connectivity index (χ1n) is 13.8. The Morgan fingerprint density at radius 3 is 2.51 bits per heavy atom. The van der Waals surface area contributed by atoms with Gasteiger partial charge in [0.15, 0.2) is 17.2 Å². The highest BCUT2D eigenvalue weighted by Gasteiger charge is 2.49. The zero-order chi connectivity index (χ0) is 30.6. The fraction of sp³-hybridized carbons (Fsp3) is 0.258. The summed E-state index contributed by atoms with van der Waals surface area (Å²) in [5.74, 6) is -1.73. The van der Waals surface area contributed by atoms with Crippen molar-refractivity contribution in [3.63, 3.8) is 0 Å². The second kappa shape index (κ2) is 10.6. The smallest absolute Gasteiger partial charge is 0.249 e. The molecule has 1 atom stereocenters. The van der Waals surface area contributed by atoms with Crippen LogP contribution < -0.4 is 9.46 Å². The van der Waals surface area contributed by atoms with E-state index in [-0.39, 0.29) is 34.5 Å². The number of hydrogen-bond acceptors (Lipinski definition) is 6. The molecule has 2 aromatic heterocycles. The Morgan fingerprint density at radius 1 is 1.02 bits per heavy atom.